The van der Waals surface area contributed by atoms with Crippen molar-refractivity contribution in [3.63, 3.8) is 0 Å². The molecule has 1 unspecified atom stereocenters. The van der Waals surface area contributed by atoms with E-state index in [1.165, 1.54) is 16.5 Å². The Balaban J connectivity index is 2.16. The molecule has 1 heterocycles. The molecule has 0 saturated carbocycles. The predicted octanol–water partition coefficient (Wildman–Crippen LogP) is 4.31. The van der Waals surface area contributed by atoms with E-state index >= 15 is 0 Å². The fraction of sp³-hybridized carbons (Fsp3) is 0.300. The average molecular weight is 324 g/mol. The van der Waals surface area contributed by atoms with Gasteiger partial charge in [-0.05, 0) is 54.5 Å². The van der Waals surface area contributed by atoms with Crippen LogP contribution in [0.25, 0.3) is 10.9 Å². The lowest BCUT2D eigenvalue weighted by molar-refractivity contribution is 0.252. The van der Waals surface area contributed by atoms with Gasteiger partial charge in [-0.2, -0.15) is 0 Å². The third kappa shape index (κ3) is 2.97. The summed E-state index contributed by atoms with van der Waals surface area (Å²) in [6, 6.07) is 13.7. The maximum absolute atomic E-state index is 9.63. The van der Waals surface area contributed by atoms with E-state index in [9.17, 15) is 5.11 Å². The van der Waals surface area contributed by atoms with Crippen LogP contribution in [0.4, 0.5) is 0 Å². The molecule has 0 aliphatic carbocycles. The minimum Gasteiger partial charge on any atom is -0.508 e. The topological polar surface area (TPSA) is 48.5 Å². The van der Waals surface area contributed by atoms with Gasteiger partial charge in [-0.1, -0.05) is 26.0 Å². The van der Waals surface area contributed by atoms with Crippen molar-refractivity contribution in [2.24, 2.45) is 0 Å². The number of phenols is 1. The molecule has 3 aromatic rings. The number of nitrogens with one attached hydrogen (secondary N) is 1. The standard InChI is InChI=1S/C20H24N2O2/c1-4-22(5-2)20(14-6-8-15(23)9-7-14)18-13-21-19-11-10-16(24-3)12-17(18)19/h6-13,20-21,23H,4-5H2,1-3H3. The van der Waals surface area contributed by atoms with E-state index < -0.39 is 0 Å². The second kappa shape index (κ2) is 6.97. The van der Waals surface area contributed by atoms with Gasteiger partial charge in [-0.15, -0.1) is 0 Å². The maximum atomic E-state index is 9.63. The van der Waals surface area contributed by atoms with E-state index in [1.807, 2.05) is 24.3 Å². The molecule has 0 aliphatic heterocycles. The zero-order chi connectivity index (χ0) is 17.1. The average Bonchev–Trinajstić information content (AvgIpc) is 3.03. The highest BCUT2D eigenvalue weighted by molar-refractivity contribution is 5.85. The Kier molecular flexibility index (Phi) is 4.76. The highest BCUT2D eigenvalue weighted by Crippen LogP contribution is 2.35. The summed E-state index contributed by atoms with van der Waals surface area (Å²) in [5.41, 5.74) is 3.49. The first-order chi connectivity index (χ1) is 11.7. The van der Waals surface area contributed by atoms with Crippen molar-refractivity contribution in [2.75, 3.05) is 20.2 Å². The van der Waals surface area contributed by atoms with Crippen LogP contribution in [0, 0.1) is 0 Å². The SMILES string of the molecule is CCN(CC)C(c1ccc(O)cc1)c1c[nH]c2ccc(OC)cc12. The fourth-order valence-corrected chi connectivity index (χ4v) is 3.31. The molecule has 0 saturated heterocycles. The molecule has 2 aromatic carbocycles. The number of hydrogen-bond acceptors (Lipinski definition) is 3. The molecule has 4 heteroatoms. The predicted molar refractivity (Wildman–Crippen MR) is 97.7 cm³/mol. The monoisotopic (exact) mass is 324 g/mol. The van der Waals surface area contributed by atoms with Gasteiger partial charge < -0.3 is 14.8 Å². The Morgan fingerprint density at radius 3 is 2.42 bits per heavy atom. The number of fused-ring (bicyclic) bond motifs is 1. The Hall–Kier alpha value is -2.46. The van der Waals surface area contributed by atoms with Crippen LogP contribution in [0.3, 0.4) is 0 Å². The van der Waals surface area contributed by atoms with Gasteiger partial charge in [0.05, 0.1) is 13.2 Å². The Morgan fingerprint density at radius 2 is 1.79 bits per heavy atom. The fourth-order valence-electron chi connectivity index (χ4n) is 3.31. The summed E-state index contributed by atoms with van der Waals surface area (Å²) in [7, 11) is 1.69. The summed E-state index contributed by atoms with van der Waals surface area (Å²) in [6.07, 6.45) is 2.08. The van der Waals surface area contributed by atoms with E-state index in [0.717, 1.165) is 24.4 Å². The van der Waals surface area contributed by atoms with Gasteiger partial charge in [-0.3, -0.25) is 4.90 Å². The van der Waals surface area contributed by atoms with Gasteiger partial charge in [0.2, 0.25) is 0 Å². The van der Waals surface area contributed by atoms with Crippen LogP contribution in [0.1, 0.15) is 31.0 Å². The number of hydrogen-bond donors (Lipinski definition) is 2. The first kappa shape index (κ1) is 16.4. The zero-order valence-corrected chi connectivity index (χ0v) is 14.4. The van der Waals surface area contributed by atoms with Crippen molar-refractivity contribution in [2.45, 2.75) is 19.9 Å². The molecule has 0 radical (unpaired) electrons. The van der Waals surface area contributed by atoms with E-state index in [0.29, 0.717) is 0 Å². The Morgan fingerprint density at radius 1 is 1.08 bits per heavy atom. The van der Waals surface area contributed by atoms with Crippen LogP contribution >= 0.6 is 0 Å². The number of benzene rings is 2. The summed E-state index contributed by atoms with van der Waals surface area (Å²) in [5.74, 6) is 1.14. The highest BCUT2D eigenvalue weighted by atomic mass is 16.5. The third-order valence-electron chi connectivity index (χ3n) is 4.60. The first-order valence-corrected chi connectivity index (χ1v) is 8.35. The van der Waals surface area contributed by atoms with Gasteiger partial charge in [0, 0.05) is 17.1 Å². The molecule has 0 spiro atoms. The first-order valence-electron chi connectivity index (χ1n) is 8.35. The number of ether oxygens (including phenoxy) is 1. The Bertz CT molecular complexity index is 804. The van der Waals surface area contributed by atoms with Gasteiger partial charge in [0.1, 0.15) is 11.5 Å². The molecule has 126 valence electrons. The number of aromatic amines is 1. The second-order valence-corrected chi connectivity index (χ2v) is 5.87. The van der Waals surface area contributed by atoms with Gasteiger partial charge in [0.15, 0.2) is 0 Å². The van der Waals surface area contributed by atoms with Crippen LogP contribution < -0.4 is 4.74 Å². The normalized spacial score (nSPS) is 12.7. The molecule has 4 nitrogen and oxygen atoms in total. The molecule has 0 fully saturated rings. The number of aromatic nitrogens is 1. The summed E-state index contributed by atoms with van der Waals surface area (Å²) < 4.78 is 5.40. The lowest BCUT2D eigenvalue weighted by Crippen LogP contribution is -2.29. The molecule has 1 aromatic heterocycles. The quantitative estimate of drug-likeness (QED) is 0.710. The van der Waals surface area contributed by atoms with E-state index in [-0.39, 0.29) is 11.8 Å². The van der Waals surface area contributed by atoms with Crippen molar-refractivity contribution in [1.29, 1.82) is 0 Å². The minimum absolute atomic E-state index is 0.126. The largest absolute Gasteiger partial charge is 0.508 e. The van der Waals surface area contributed by atoms with E-state index in [1.54, 1.807) is 19.2 Å². The molecule has 2 N–H and O–H groups in total. The van der Waals surface area contributed by atoms with Crippen LogP contribution in [0.15, 0.2) is 48.7 Å². The van der Waals surface area contributed by atoms with Crippen molar-refractivity contribution in [3.05, 3.63) is 59.8 Å². The van der Waals surface area contributed by atoms with Crippen molar-refractivity contribution < 1.29 is 9.84 Å². The summed E-state index contributed by atoms with van der Waals surface area (Å²) in [6.45, 7) is 6.23. The van der Waals surface area contributed by atoms with Crippen LogP contribution in [-0.4, -0.2) is 35.2 Å². The van der Waals surface area contributed by atoms with Crippen LogP contribution in [0.5, 0.6) is 11.5 Å². The Labute approximate surface area is 142 Å². The minimum atomic E-state index is 0.126. The molecule has 24 heavy (non-hydrogen) atoms. The maximum Gasteiger partial charge on any atom is 0.119 e. The third-order valence-corrected chi connectivity index (χ3v) is 4.60. The molecule has 0 amide bonds. The zero-order valence-electron chi connectivity index (χ0n) is 14.4. The number of rotatable bonds is 6. The molecule has 0 bridgehead atoms. The second-order valence-electron chi connectivity index (χ2n) is 5.87. The molecule has 1 atom stereocenters. The number of aromatic hydroxyl groups is 1. The van der Waals surface area contributed by atoms with Crippen molar-refractivity contribution >= 4 is 10.9 Å². The highest BCUT2D eigenvalue weighted by Gasteiger charge is 2.23. The summed E-state index contributed by atoms with van der Waals surface area (Å²) in [4.78, 5) is 5.78. The smallest absolute Gasteiger partial charge is 0.119 e. The number of nitrogens with zero attached hydrogens (tertiary/aromatic N) is 1. The number of phenolic OH excluding ortho intramolecular Hbond substituents is 1. The summed E-state index contributed by atoms with van der Waals surface area (Å²) >= 11 is 0. The molecule has 0 aliphatic rings. The van der Waals surface area contributed by atoms with Gasteiger partial charge in [0.25, 0.3) is 0 Å². The van der Waals surface area contributed by atoms with E-state index in [4.69, 9.17) is 4.74 Å². The van der Waals surface area contributed by atoms with Crippen molar-refractivity contribution in [1.82, 2.24) is 9.88 Å². The molecule has 3 rings (SSSR count). The number of H-pyrrole nitrogens is 1. The van der Waals surface area contributed by atoms with Gasteiger partial charge >= 0.3 is 0 Å². The summed E-state index contributed by atoms with van der Waals surface area (Å²) in [5, 5.41) is 10.8. The van der Waals surface area contributed by atoms with Crippen molar-refractivity contribution in [3.8, 4) is 11.5 Å². The lowest BCUT2D eigenvalue weighted by atomic mass is 9.96. The molecular weight excluding hydrogens is 300 g/mol. The van der Waals surface area contributed by atoms with E-state index in [2.05, 4.69) is 36.0 Å². The van der Waals surface area contributed by atoms with Gasteiger partial charge in [-0.25, -0.2) is 0 Å². The lowest BCUT2D eigenvalue weighted by Gasteiger charge is -2.30. The van der Waals surface area contributed by atoms with Crippen LogP contribution in [0.2, 0.25) is 0 Å². The number of methoxy groups -OCH3 is 1. The molecular formula is C20H24N2O2. The van der Waals surface area contributed by atoms with Crippen LogP contribution in [-0.2, 0) is 0 Å².